The number of hydrogen-bond donors (Lipinski definition) is 1. The Hall–Kier alpha value is -2.00. The third-order valence-corrected chi connectivity index (χ3v) is 4.99. The highest BCUT2D eigenvalue weighted by molar-refractivity contribution is 7.99. The zero-order valence-electron chi connectivity index (χ0n) is 13.6. The second-order valence-corrected chi connectivity index (χ2v) is 6.86. The van der Waals surface area contributed by atoms with Gasteiger partial charge in [0, 0.05) is 11.3 Å². The molecule has 1 amide bonds. The molecule has 0 heterocycles. The number of nitrogens with one attached hydrogen (secondary N) is 1. The average Bonchev–Trinajstić information content (AvgIpc) is 3.11. The molecule has 1 N–H and O–H groups in total. The predicted molar refractivity (Wildman–Crippen MR) is 93.6 cm³/mol. The maximum Gasteiger partial charge on any atom is 0.306 e. The van der Waals surface area contributed by atoms with Gasteiger partial charge in [-0.25, -0.2) is 0 Å². The van der Waals surface area contributed by atoms with Crippen molar-refractivity contribution in [2.45, 2.75) is 43.4 Å². The van der Waals surface area contributed by atoms with Gasteiger partial charge in [0.15, 0.2) is 6.61 Å². The number of nitrogens with zero attached hydrogens (tertiary/aromatic N) is 1. The zero-order chi connectivity index (χ0) is 17.2. The lowest BCUT2D eigenvalue weighted by Crippen LogP contribution is -2.21. The molecule has 0 aliphatic heterocycles. The summed E-state index contributed by atoms with van der Waals surface area (Å²) in [5.74, 6) is 0.261. The van der Waals surface area contributed by atoms with E-state index in [0.717, 1.165) is 11.3 Å². The van der Waals surface area contributed by atoms with Crippen LogP contribution in [0.3, 0.4) is 0 Å². The molecule has 6 heteroatoms. The van der Waals surface area contributed by atoms with E-state index in [0.29, 0.717) is 23.8 Å². The molecule has 0 unspecified atom stereocenters. The van der Waals surface area contributed by atoms with Gasteiger partial charge in [0.25, 0.3) is 5.91 Å². The van der Waals surface area contributed by atoms with Crippen LogP contribution in [0, 0.1) is 17.2 Å². The van der Waals surface area contributed by atoms with Gasteiger partial charge in [-0.05, 0) is 24.5 Å². The Bertz CT molecular complexity index is 607. The number of thioether (sulfide) groups is 1. The van der Waals surface area contributed by atoms with Gasteiger partial charge in [-0.15, -0.1) is 11.8 Å². The number of ether oxygens (including phenoxy) is 1. The van der Waals surface area contributed by atoms with Gasteiger partial charge in [-0.1, -0.05) is 37.8 Å². The van der Waals surface area contributed by atoms with Crippen LogP contribution in [-0.4, -0.2) is 24.2 Å². The van der Waals surface area contributed by atoms with Gasteiger partial charge in [0.1, 0.15) is 0 Å². The van der Waals surface area contributed by atoms with Crippen molar-refractivity contribution in [1.29, 1.82) is 5.26 Å². The molecule has 5 nitrogen and oxygen atoms in total. The fraction of sp³-hybridized carbons (Fsp3) is 0.500. The molecule has 2 rings (SSSR count). The lowest BCUT2D eigenvalue weighted by atomic mass is 10.0. The normalized spacial score (nSPS) is 14.1. The lowest BCUT2D eigenvalue weighted by molar-refractivity contribution is -0.147. The van der Waals surface area contributed by atoms with Crippen molar-refractivity contribution in [3.63, 3.8) is 0 Å². The Morgan fingerprint density at radius 2 is 2.04 bits per heavy atom. The molecule has 0 atom stereocenters. The molecular formula is C18H22N2O3S. The first-order valence-corrected chi connectivity index (χ1v) is 9.22. The second kappa shape index (κ2) is 9.99. The quantitative estimate of drug-likeness (QED) is 0.573. The number of esters is 1. The molecule has 0 spiro atoms. The molecule has 1 fully saturated rings. The Labute approximate surface area is 146 Å². The number of rotatable bonds is 8. The molecule has 0 bridgehead atoms. The van der Waals surface area contributed by atoms with Crippen LogP contribution in [0.4, 0.5) is 5.69 Å². The summed E-state index contributed by atoms with van der Waals surface area (Å²) in [5.41, 5.74) is 0.629. The van der Waals surface area contributed by atoms with Gasteiger partial charge in [-0.2, -0.15) is 5.26 Å². The Morgan fingerprint density at radius 3 is 2.79 bits per heavy atom. The fourth-order valence-electron chi connectivity index (χ4n) is 2.83. The third-order valence-electron chi connectivity index (χ3n) is 4.05. The number of para-hydroxylation sites is 1. The highest BCUT2D eigenvalue weighted by Gasteiger charge is 2.17. The Morgan fingerprint density at radius 1 is 1.29 bits per heavy atom. The number of anilines is 1. The van der Waals surface area contributed by atoms with Crippen LogP contribution in [0.1, 0.15) is 38.5 Å². The van der Waals surface area contributed by atoms with E-state index < -0.39 is 0 Å². The third kappa shape index (κ3) is 6.25. The summed E-state index contributed by atoms with van der Waals surface area (Å²) in [5, 5.41) is 11.4. The Kier molecular flexibility index (Phi) is 7.63. The SMILES string of the molecule is N#CCSc1ccccc1NC(=O)COC(=O)CCC1CCCC1. The topological polar surface area (TPSA) is 79.2 Å². The molecule has 1 saturated carbocycles. The number of hydrogen-bond acceptors (Lipinski definition) is 5. The number of benzene rings is 1. The molecular weight excluding hydrogens is 324 g/mol. The molecule has 0 radical (unpaired) electrons. The van der Waals surface area contributed by atoms with Crippen molar-refractivity contribution in [2.75, 3.05) is 17.7 Å². The maximum absolute atomic E-state index is 11.9. The monoisotopic (exact) mass is 346 g/mol. The van der Waals surface area contributed by atoms with E-state index in [9.17, 15) is 9.59 Å². The minimum Gasteiger partial charge on any atom is -0.456 e. The van der Waals surface area contributed by atoms with Gasteiger partial charge in [0.2, 0.25) is 0 Å². The summed E-state index contributed by atoms with van der Waals surface area (Å²) >= 11 is 1.35. The number of carbonyl (C=O) groups is 2. The van der Waals surface area contributed by atoms with E-state index >= 15 is 0 Å². The van der Waals surface area contributed by atoms with E-state index in [2.05, 4.69) is 11.4 Å². The van der Waals surface area contributed by atoms with Crippen LogP contribution in [0.2, 0.25) is 0 Å². The number of amides is 1. The predicted octanol–water partition coefficient (Wildman–Crippen LogP) is 3.75. The average molecular weight is 346 g/mol. The van der Waals surface area contributed by atoms with E-state index in [1.807, 2.05) is 12.1 Å². The van der Waals surface area contributed by atoms with Gasteiger partial charge in [-0.3, -0.25) is 9.59 Å². The van der Waals surface area contributed by atoms with Crippen molar-refractivity contribution in [3.8, 4) is 6.07 Å². The molecule has 0 aromatic heterocycles. The minimum absolute atomic E-state index is 0.277. The molecule has 0 saturated heterocycles. The van der Waals surface area contributed by atoms with Crippen molar-refractivity contribution < 1.29 is 14.3 Å². The summed E-state index contributed by atoms with van der Waals surface area (Å²) < 4.78 is 5.05. The smallest absolute Gasteiger partial charge is 0.306 e. The largest absolute Gasteiger partial charge is 0.456 e. The van der Waals surface area contributed by atoms with Crippen LogP contribution < -0.4 is 5.32 Å². The van der Waals surface area contributed by atoms with Crippen LogP contribution in [0.25, 0.3) is 0 Å². The van der Waals surface area contributed by atoms with Gasteiger partial charge in [0.05, 0.1) is 17.5 Å². The zero-order valence-corrected chi connectivity index (χ0v) is 14.4. The van der Waals surface area contributed by atoms with Crippen molar-refractivity contribution in [1.82, 2.24) is 0 Å². The van der Waals surface area contributed by atoms with Gasteiger partial charge >= 0.3 is 5.97 Å². The van der Waals surface area contributed by atoms with Gasteiger partial charge < -0.3 is 10.1 Å². The summed E-state index contributed by atoms with van der Waals surface area (Å²) in [7, 11) is 0. The van der Waals surface area contributed by atoms with Crippen molar-refractivity contribution in [3.05, 3.63) is 24.3 Å². The highest BCUT2D eigenvalue weighted by atomic mass is 32.2. The summed E-state index contributed by atoms with van der Waals surface area (Å²) in [4.78, 5) is 24.5. The van der Waals surface area contributed by atoms with Crippen LogP contribution in [-0.2, 0) is 14.3 Å². The first-order valence-electron chi connectivity index (χ1n) is 8.23. The molecule has 1 aliphatic carbocycles. The van der Waals surface area contributed by atoms with E-state index in [1.165, 1.54) is 37.4 Å². The summed E-state index contributed by atoms with van der Waals surface area (Å²) in [6, 6.07) is 9.31. The maximum atomic E-state index is 11.9. The fourth-order valence-corrected chi connectivity index (χ4v) is 3.50. The number of carbonyl (C=O) groups excluding carboxylic acids is 2. The molecule has 1 aromatic rings. The van der Waals surface area contributed by atoms with Crippen LogP contribution in [0.5, 0.6) is 0 Å². The number of nitriles is 1. The van der Waals surface area contributed by atoms with E-state index in [-0.39, 0.29) is 18.5 Å². The highest BCUT2D eigenvalue weighted by Crippen LogP contribution is 2.28. The molecule has 1 aliphatic rings. The molecule has 128 valence electrons. The molecule has 24 heavy (non-hydrogen) atoms. The Balaban J connectivity index is 1.72. The summed E-state index contributed by atoms with van der Waals surface area (Å²) in [6.45, 7) is -0.277. The lowest BCUT2D eigenvalue weighted by Gasteiger charge is -2.11. The standard InChI is InChI=1S/C18H22N2O3S/c19-11-12-24-16-8-4-3-7-15(16)20-17(21)13-23-18(22)10-9-14-5-1-2-6-14/h3-4,7-8,14H,1-2,5-6,9-10,12-13H2,(H,20,21). The minimum atomic E-state index is -0.366. The first kappa shape index (κ1) is 18.3. The summed E-state index contributed by atoms with van der Waals surface area (Å²) in [6.07, 6.45) is 6.15. The first-order chi connectivity index (χ1) is 11.7. The van der Waals surface area contributed by atoms with Crippen LogP contribution in [0.15, 0.2) is 29.2 Å². The van der Waals surface area contributed by atoms with Crippen molar-refractivity contribution in [2.24, 2.45) is 5.92 Å². The van der Waals surface area contributed by atoms with Crippen LogP contribution >= 0.6 is 11.8 Å². The van der Waals surface area contributed by atoms with Crippen molar-refractivity contribution >= 4 is 29.3 Å². The molecule has 1 aromatic carbocycles. The van der Waals surface area contributed by atoms with E-state index in [1.54, 1.807) is 12.1 Å². The second-order valence-electron chi connectivity index (χ2n) is 5.84. The van der Waals surface area contributed by atoms with E-state index in [4.69, 9.17) is 10.00 Å².